The van der Waals surface area contributed by atoms with Crippen LogP contribution in [0.5, 0.6) is 0 Å². The van der Waals surface area contributed by atoms with Crippen molar-refractivity contribution in [1.82, 2.24) is 0 Å². The average Bonchev–Trinajstić information content (AvgIpc) is 2.52. The van der Waals surface area contributed by atoms with Gasteiger partial charge in [0.1, 0.15) is 5.82 Å². The standard InChI is InChI=1S/C13H17FO/c1-9-5-6-11(14)8-12(9)13(15)7-3-4-10(13)2/h5-6,8,10,15H,3-4,7H2,1-2H3. The molecular weight excluding hydrogens is 191 g/mol. The topological polar surface area (TPSA) is 20.2 Å². The third-order valence-electron chi connectivity index (χ3n) is 3.68. The van der Waals surface area contributed by atoms with Crippen LogP contribution in [0, 0.1) is 18.7 Å². The van der Waals surface area contributed by atoms with Gasteiger partial charge >= 0.3 is 0 Å². The smallest absolute Gasteiger partial charge is 0.123 e. The fourth-order valence-electron chi connectivity index (χ4n) is 2.62. The third-order valence-corrected chi connectivity index (χ3v) is 3.68. The Hall–Kier alpha value is -0.890. The lowest BCUT2D eigenvalue weighted by Gasteiger charge is -2.29. The molecule has 0 amide bonds. The molecule has 0 radical (unpaired) electrons. The van der Waals surface area contributed by atoms with E-state index in [1.165, 1.54) is 12.1 Å². The first-order valence-corrected chi connectivity index (χ1v) is 5.53. The number of hydrogen-bond donors (Lipinski definition) is 1. The fraction of sp³-hybridized carbons (Fsp3) is 0.538. The van der Waals surface area contributed by atoms with Crippen molar-refractivity contribution < 1.29 is 9.50 Å². The van der Waals surface area contributed by atoms with Gasteiger partial charge in [-0.15, -0.1) is 0 Å². The molecule has 1 aliphatic carbocycles. The second-order valence-electron chi connectivity index (χ2n) is 4.68. The molecule has 82 valence electrons. The van der Waals surface area contributed by atoms with Crippen molar-refractivity contribution in [3.8, 4) is 0 Å². The average molecular weight is 208 g/mol. The predicted octanol–water partition coefficient (Wildman–Crippen LogP) is 3.14. The predicted molar refractivity (Wildman–Crippen MR) is 58.0 cm³/mol. The van der Waals surface area contributed by atoms with Crippen LogP contribution in [0.2, 0.25) is 0 Å². The summed E-state index contributed by atoms with van der Waals surface area (Å²) >= 11 is 0. The maximum Gasteiger partial charge on any atom is 0.123 e. The lowest BCUT2D eigenvalue weighted by Crippen LogP contribution is -2.29. The highest BCUT2D eigenvalue weighted by atomic mass is 19.1. The Balaban J connectivity index is 2.48. The van der Waals surface area contributed by atoms with Crippen LogP contribution < -0.4 is 0 Å². The van der Waals surface area contributed by atoms with Crippen LogP contribution in [0.15, 0.2) is 18.2 Å². The highest BCUT2D eigenvalue weighted by Gasteiger charge is 2.40. The molecule has 15 heavy (non-hydrogen) atoms. The van der Waals surface area contributed by atoms with E-state index in [4.69, 9.17) is 0 Å². The fourth-order valence-corrected chi connectivity index (χ4v) is 2.62. The Labute approximate surface area is 89.9 Å². The molecule has 2 rings (SSSR count). The molecule has 2 heteroatoms. The molecule has 0 aromatic heterocycles. The minimum atomic E-state index is -0.813. The second-order valence-corrected chi connectivity index (χ2v) is 4.68. The number of rotatable bonds is 1. The van der Waals surface area contributed by atoms with E-state index >= 15 is 0 Å². The summed E-state index contributed by atoms with van der Waals surface area (Å²) in [4.78, 5) is 0. The van der Waals surface area contributed by atoms with E-state index in [0.717, 1.165) is 30.4 Å². The van der Waals surface area contributed by atoms with Crippen LogP contribution in [-0.2, 0) is 5.60 Å². The largest absolute Gasteiger partial charge is 0.385 e. The molecule has 1 aliphatic rings. The summed E-state index contributed by atoms with van der Waals surface area (Å²) in [7, 11) is 0. The van der Waals surface area contributed by atoms with Gasteiger partial charge in [0.25, 0.3) is 0 Å². The van der Waals surface area contributed by atoms with E-state index in [2.05, 4.69) is 0 Å². The monoisotopic (exact) mass is 208 g/mol. The van der Waals surface area contributed by atoms with Gasteiger partial charge in [-0.2, -0.15) is 0 Å². The van der Waals surface area contributed by atoms with Crippen LogP contribution in [0.25, 0.3) is 0 Å². The number of hydrogen-bond acceptors (Lipinski definition) is 1. The molecule has 0 aliphatic heterocycles. The minimum Gasteiger partial charge on any atom is -0.385 e. The quantitative estimate of drug-likeness (QED) is 0.751. The molecule has 0 heterocycles. The molecule has 0 bridgehead atoms. The van der Waals surface area contributed by atoms with Crippen molar-refractivity contribution in [2.24, 2.45) is 5.92 Å². The van der Waals surface area contributed by atoms with Crippen molar-refractivity contribution in [3.63, 3.8) is 0 Å². The summed E-state index contributed by atoms with van der Waals surface area (Å²) < 4.78 is 13.2. The molecule has 0 spiro atoms. The molecule has 1 N–H and O–H groups in total. The van der Waals surface area contributed by atoms with Gasteiger partial charge in [-0.25, -0.2) is 4.39 Å². The summed E-state index contributed by atoms with van der Waals surface area (Å²) in [6, 6.07) is 4.67. The molecule has 1 saturated carbocycles. The summed E-state index contributed by atoms with van der Waals surface area (Å²) in [5.74, 6) is -0.0406. The molecule has 1 nitrogen and oxygen atoms in total. The Kier molecular flexibility index (Phi) is 2.55. The number of halogens is 1. The molecule has 0 saturated heterocycles. The highest BCUT2D eigenvalue weighted by Crippen LogP contribution is 2.44. The number of aliphatic hydroxyl groups is 1. The van der Waals surface area contributed by atoms with Gasteiger partial charge in [-0.05, 0) is 55.4 Å². The van der Waals surface area contributed by atoms with Crippen molar-refractivity contribution in [1.29, 1.82) is 0 Å². The number of benzene rings is 1. The minimum absolute atomic E-state index is 0.220. The Morgan fingerprint density at radius 1 is 1.47 bits per heavy atom. The van der Waals surface area contributed by atoms with Gasteiger partial charge < -0.3 is 5.11 Å². The molecule has 1 aromatic rings. The van der Waals surface area contributed by atoms with Crippen LogP contribution in [-0.4, -0.2) is 5.11 Å². The van der Waals surface area contributed by atoms with E-state index in [0.29, 0.717) is 0 Å². The lowest BCUT2D eigenvalue weighted by molar-refractivity contribution is 0.00364. The van der Waals surface area contributed by atoms with Crippen LogP contribution >= 0.6 is 0 Å². The van der Waals surface area contributed by atoms with Crippen molar-refractivity contribution in [3.05, 3.63) is 35.1 Å². The molecule has 1 aromatic carbocycles. The molecule has 2 atom stereocenters. The summed E-state index contributed by atoms with van der Waals surface area (Å²) in [5.41, 5.74) is 0.937. The highest BCUT2D eigenvalue weighted by molar-refractivity contribution is 5.33. The Morgan fingerprint density at radius 3 is 2.80 bits per heavy atom. The summed E-state index contributed by atoms with van der Waals surface area (Å²) in [6.45, 7) is 3.97. The molecule has 1 fully saturated rings. The normalized spacial score (nSPS) is 30.8. The van der Waals surface area contributed by atoms with E-state index in [1.807, 2.05) is 13.8 Å². The Morgan fingerprint density at radius 2 is 2.20 bits per heavy atom. The summed E-state index contributed by atoms with van der Waals surface area (Å²) in [6.07, 6.45) is 2.79. The number of aryl methyl sites for hydroxylation is 1. The first-order valence-electron chi connectivity index (χ1n) is 5.53. The van der Waals surface area contributed by atoms with Crippen molar-refractivity contribution in [2.75, 3.05) is 0 Å². The van der Waals surface area contributed by atoms with Crippen molar-refractivity contribution >= 4 is 0 Å². The van der Waals surface area contributed by atoms with Crippen molar-refractivity contribution in [2.45, 2.75) is 38.7 Å². The third kappa shape index (κ3) is 1.67. The Bertz CT molecular complexity index is 375. The van der Waals surface area contributed by atoms with Gasteiger partial charge in [0.05, 0.1) is 5.60 Å². The molecule has 2 unspecified atom stereocenters. The van der Waals surface area contributed by atoms with E-state index < -0.39 is 5.60 Å². The van der Waals surface area contributed by atoms with Gasteiger partial charge in [0.15, 0.2) is 0 Å². The van der Waals surface area contributed by atoms with Gasteiger partial charge in [0.2, 0.25) is 0 Å². The maximum atomic E-state index is 13.2. The zero-order valence-corrected chi connectivity index (χ0v) is 9.26. The maximum absolute atomic E-state index is 13.2. The summed E-state index contributed by atoms with van der Waals surface area (Å²) in [5, 5.41) is 10.6. The van der Waals surface area contributed by atoms with Crippen LogP contribution in [0.1, 0.15) is 37.3 Å². The first kappa shape index (κ1) is 10.6. The SMILES string of the molecule is Cc1ccc(F)cc1C1(O)CCCC1C. The zero-order valence-electron chi connectivity index (χ0n) is 9.26. The lowest BCUT2D eigenvalue weighted by atomic mass is 9.83. The zero-order chi connectivity index (χ0) is 11.1. The first-order chi connectivity index (χ1) is 7.04. The van der Waals surface area contributed by atoms with Crippen LogP contribution in [0.3, 0.4) is 0 Å². The van der Waals surface area contributed by atoms with Gasteiger partial charge in [-0.3, -0.25) is 0 Å². The van der Waals surface area contributed by atoms with E-state index in [9.17, 15) is 9.50 Å². The van der Waals surface area contributed by atoms with E-state index in [1.54, 1.807) is 6.07 Å². The molecular formula is C13H17FO. The van der Waals surface area contributed by atoms with E-state index in [-0.39, 0.29) is 11.7 Å². The van der Waals surface area contributed by atoms with Gasteiger partial charge in [-0.1, -0.05) is 13.0 Å². The second kappa shape index (κ2) is 3.60. The van der Waals surface area contributed by atoms with Crippen LogP contribution in [0.4, 0.5) is 4.39 Å². The van der Waals surface area contributed by atoms with Gasteiger partial charge in [0, 0.05) is 0 Å².